The highest BCUT2D eigenvalue weighted by Crippen LogP contribution is 2.32. The number of carboxylic acid groups (broad SMARTS) is 1. The Balaban J connectivity index is 2.55. The van der Waals surface area contributed by atoms with E-state index < -0.39 is 12.0 Å². The van der Waals surface area contributed by atoms with Gasteiger partial charge in [-0.05, 0) is 29.5 Å². The molecule has 1 aromatic rings. The second-order valence-corrected chi connectivity index (χ2v) is 4.16. The van der Waals surface area contributed by atoms with Crippen LogP contribution in [-0.2, 0) is 4.79 Å². The van der Waals surface area contributed by atoms with Gasteiger partial charge in [0, 0.05) is 6.54 Å². The van der Waals surface area contributed by atoms with Crippen LogP contribution >= 0.6 is 0 Å². The first-order chi connectivity index (χ1) is 7.11. The second-order valence-electron chi connectivity index (χ2n) is 4.16. The molecule has 2 unspecified atom stereocenters. The minimum atomic E-state index is -0.797. The van der Waals surface area contributed by atoms with Gasteiger partial charge in [0.15, 0.2) is 0 Å². The summed E-state index contributed by atoms with van der Waals surface area (Å²) in [5, 5.41) is 12.2. The number of hydrogen-bond donors (Lipinski definition) is 2. The number of aliphatic carboxylic acids is 1. The quantitative estimate of drug-likeness (QED) is 0.735. The van der Waals surface area contributed by atoms with Crippen LogP contribution in [-0.4, -0.2) is 17.6 Å². The van der Waals surface area contributed by atoms with Crippen LogP contribution in [0.4, 0.5) is 0 Å². The summed E-state index contributed by atoms with van der Waals surface area (Å²) in [5.74, 6) is -0.412. The van der Waals surface area contributed by atoms with Crippen molar-refractivity contribution in [2.24, 2.45) is 0 Å². The van der Waals surface area contributed by atoms with Crippen molar-refractivity contribution in [1.82, 2.24) is 5.32 Å². The molecule has 0 amide bonds. The van der Waals surface area contributed by atoms with Crippen molar-refractivity contribution < 1.29 is 9.90 Å². The Hall–Kier alpha value is -1.35. The van der Waals surface area contributed by atoms with E-state index in [4.69, 9.17) is 5.11 Å². The van der Waals surface area contributed by atoms with Crippen molar-refractivity contribution >= 4 is 5.97 Å². The van der Waals surface area contributed by atoms with Gasteiger partial charge in [0.1, 0.15) is 6.04 Å². The average Bonchev–Trinajstić information content (AvgIpc) is 2.17. The van der Waals surface area contributed by atoms with Gasteiger partial charge in [0.25, 0.3) is 0 Å². The lowest BCUT2D eigenvalue weighted by Crippen LogP contribution is -2.37. The van der Waals surface area contributed by atoms with E-state index in [1.54, 1.807) is 0 Å². The summed E-state index contributed by atoms with van der Waals surface area (Å²) in [6, 6.07) is 5.32. The Labute approximate surface area is 89.1 Å². The fourth-order valence-corrected chi connectivity index (χ4v) is 2.36. The van der Waals surface area contributed by atoms with Gasteiger partial charge in [-0.15, -0.1) is 0 Å². The van der Waals surface area contributed by atoms with E-state index in [0.717, 1.165) is 12.1 Å². The predicted molar refractivity (Wildman–Crippen MR) is 58.0 cm³/mol. The normalized spacial score (nSPS) is 24.7. The molecule has 1 aliphatic heterocycles. The molecular weight excluding hydrogens is 190 g/mol. The first kappa shape index (κ1) is 10.2. The van der Waals surface area contributed by atoms with E-state index >= 15 is 0 Å². The Morgan fingerprint density at radius 3 is 2.93 bits per heavy atom. The number of fused-ring (bicyclic) bond motifs is 1. The molecule has 0 saturated carbocycles. The summed E-state index contributed by atoms with van der Waals surface area (Å²) in [4.78, 5) is 11.1. The minimum Gasteiger partial charge on any atom is -0.480 e. The van der Waals surface area contributed by atoms with Gasteiger partial charge in [0.2, 0.25) is 0 Å². The molecule has 2 rings (SSSR count). The minimum absolute atomic E-state index is 0.386. The third-order valence-corrected chi connectivity index (χ3v) is 3.04. The largest absolute Gasteiger partial charge is 0.480 e. The maximum atomic E-state index is 11.1. The summed E-state index contributed by atoms with van der Waals surface area (Å²) in [7, 11) is 0. The summed E-state index contributed by atoms with van der Waals surface area (Å²) in [6.07, 6.45) is 0. The molecule has 15 heavy (non-hydrogen) atoms. The lowest BCUT2D eigenvalue weighted by molar-refractivity contribution is -0.139. The van der Waals surface area contributed by atoms with Gasteiger partial charge in [-0.1, -0.05) is 25.1 Å². The maximum Gasteiger partial charge on any atom is 0.325 e. The van der Waals surface area contributed by atoms with Crippen LogP contribution in [0.25, 0.3) is 0 Å². The second kappa shape index (κ2) is 3.66. The monoisotopic (exact) mass is 205 g/mol. The zero-order chi connectivity index (χ0) is 11.0. The molecule has 1 heterocycles. The van der Waals surface area contributed by atoms with E-state index in [2.05, 4.69) is 12.2 Å². The standard InChI is InChI=1S/C12H15NO2/c1-7-4-3-5-9-10(7)8(2)6-13-11(9)12(14)15/h3-5,8,11,13H,6H2,1-2H3,(H,14,15). The average molecular weight is 205 g/mol. The molecule has 3 heteroatoms. The van der Waals surface area contributed by atoms with Crippen LogP contribution in [0, 0.1) is 6.92 Å². The van der Waals surface area contributed by atoms with E-state index in [9.17, 15) is 4.79 Å². The third-order valence-electron chi connectivity index (χ3n) is 3.04. The molecular formula is C12H15NO2. The lowest BCUT2D eigenvalue weighted by Gasteiger charge is -2.29. The van der Waals surface area contributed by atoms with Crippen LogP contribution in [0.5, 0.6) is 0 Å². The highest BCUT2D eigenvalue weighted by atomic mass is 16.4. The first-order valence-corrected chi connectivity index (χ1v) is 5.17. The van der Waals surface area contributed by atoms with Crippen molar-refractivity contribution in [3.05, 3.63) is 34.9 Å². The molecule has 1 aromatic carbocycles. The molecule has 1 aliphatic rings. The van der Waals surface area contributed by atoms with Gasteiger partial charge in [-0.25, -0.2) is 0 Å². The number of benzene rings is 1. The Morgan fingerprint density at radius 1 is 1.53 bits per heavy atom. The molecule has 0 fully saturated rings. The molecule has 2 N–H and O–H groups in total. The van der Waals surface area contributed by atoms with E-state index in [1.807, 2.05) is 25.1 Å². The highest BCUT2D eigenvalue weighted by Gasteiger charge is 2.29. The maximum absolute atomic E-state index is 11.1. The Morgan fingerprint density at radius 2 is 2.27 bits per heavy atom. The zero-order valence-electron chi connectivity index (χ0n) is 8.95. The van der Waals surface area contributed by atoms with E-state index in [0.29, 0.717) is 5.92 Å². The van der Waals surface area contributed by atoms with Gasteiger partial charge in [-0.3, -0.25) is 4.79 Å². The van der Waals surface area contributed by atoms with Crippen molar-refractivity contribution in [3.63, 3.8) is 0 Å². The fourth-order valence-electron chi connectivity index (χ4n) is 2.36. The van der Waals surface area contributed by atoms with Gasteiger partial charge in [-0.2, -0.15) is 0 Å². The summed E-state index contributed by atoms with van der Waals surface area (Å²) < 4.78 is 0. The molecule has 0 radical (unpaired) electrons. The number of aryl methyl sites for hydroxylation is 1. The van der Waals surface area contributed by atoms with E-state index in [-0.39, 0.29) is 0 Å². The SMILES string of the molecule is Cc1cccc2c1C(C)CNC2C(=O)O. The molecule has 3 nitrogen and oxygen atoms in total. The molecule has 0 saturated heterocycles. The Bertz CT molecular complexity index is 401. The van der Waals surface area contributed by atoms with Crippen LogP contribution in [0.2, 0.25) is 0 Å². The third kappa shape index (κ3) is 1.63. The molecule has 80 valence electrons. The Kier molecular flexibility index (Phi) is 2.49. The summed E-state index contributed by atoms with van der Waals surface area (Å²) in [6.45, 7) is 4.89. The molecule has 0 aromatic heterocycles. The van der Waals surface area contributed by atoms with Crippen molar-refractivity contribution in [2.75, 3.05) is 6.54 Å². The van der Waals surface area contributed by atoms with Crippen LogP contribution in [0.3, 0.4) is 0 Å². The van der Waals surface area contributed by atoms with Crippen molar-refractivity contribution in [1.29, 1.82) is 0 Å². The van der Waals surface area contributed by atoms with Gasteiger partial charge in [0.05, 0.1) is 0 Å². The van der Waals surface area contributed by atoms with Gasteiger partial charge < -0.3 is 10.4 Å². The number of nitrogens with one attached hydrogen (secondary N) is 1. The van der Waals surface area contributed by atoms with Crippen LogP contribution in [0.15, 0.2) is 18.2 Å². The van der Waals surface area contributed by atoms with Crippen molar-refractivity contribution in [2.45, 2.75) is 25.8 Å². The smallest absolute Gasteiger partial charge is 0.325 e. The number of carboxylic acids is 1. The lowest BCUT2D eigenvalue weighted by atomic mass is 9.85. The summed E-state index contributed by atoms with van der Waals surface area (Å²) >= 11 is 0. The molecule has 0 spiro atoms. The number of hydrogen-bond acceptors (Lipinski definition) is 2. The van der Waals surface area contributed by atoms with E-state index in [1.165, 1.54) is 11.1 Å². The number of carbonyl (C=O) groups is 1. The zero-order valence-corrected chi connectivity index (χ0v) is 8.95. The summed E-state index contributed by atoms with van der Waals surface area (Å²) in [5.41, 5.74) is 3.30. The first-order valence-electron chi connectivity index (χ1n) is 5.17. The molecule has 2 atom stereocenters. The van der Waals surface area contributed by atoms with Crippen LogP contribution in [0.1, 0.15) is 35.6 Å². The van der Waals surface area contributed by atoms with Gasteiger partial charge >= 0.3 is 5.97 Å². The topological polar surface area (TPSA) is 49.3 Å². The van der Waals surface area contributed by atoms with Crippen molar-refractivity contribution in [3.8, 4) is 0 Å². The van der Waals surface area contributed by atoms with Crippen LogP contribution < -0.4 is 5.32 Å². The highest BCUT2D eigenvalue weighted by molar-refractivity contribution is 5.77. The molecule has 0 bridgehead atoms. The molecule has 0 aliphatic carbocycles. The number of rotatable bonds is 1. The fraction of sp³-hybridized carbons (Fsp3) is 0.417. The predicted octanol–water partition coefficient (Wildman–Crippen LogP) is 1.83.